The van der Waals surface area contributed by atoms with Crippen LogP contribution in [-0.4, -0.2) is 28.2 Å². The number of aromatic nitrogens is 2. The van der Waals surface area contributed by atoms with Gasteiger partial charge < -0.3 is 5.32 Å². The summed E-state index contributed by atoms with van der Waals surface area (Å²) >= 11 is 5.87. The van der Waals surface area contributed by atoms with Crippen LogP contribution in [0.4, 0.5) is 0 Å². The number of amides is 1. The second-order valence-electron chi connectivity index (χ2n) is 5.71. The molecule has 0 saturated carbocycles. The van der Waals surface area contributed by atoms with Gasteiger partial charge in [-0.3, -0.25) is 9.59 Å². The molecular weight excluding hydrogens is 338 g/mol. The number of benzene rings is 2. The predicted octanol–water partition coefficient (Wildman–Crippen LogP) is 3.51. The lowest BCUT2D eigenvalue weighted by Crippen LogP contribution is -2.29. The minimum absolute atomic E-state index is 0.101. The van der Waals surface area contributed by atoms with Crippen LogP contribution in [0.3, 0.4) is 0 Å². The van der Waals surface area contributed by atoms with E-state index in [1.54, 1.807) is 42.5 Å². The summed E-state index contributed by atoms with van der Waals surface area (Å²) in [5.41, 5.74) is 3.96. The predicted molar refractivity (Wildman–Crippen MR) is 97.1 cm³/mol. The van der Waals surface area contributed by atoms with Crippen LogP contribution < -0.4 is 5.32 Å². The summed E-state index contributed by atoms with van der Waals surface area (Å²) in [6.07, 6.45) is 0. The van der Waals surface area contributed by atoms with Gasteiger partial charge in [-0.25, -0.2) is 9.97 Å². The highest BCUT2D eigenvalue weighted by Crippen LogP contribution is 2.15. The fourth-order valence-corrected chi connectivity index (χ4v) is 2.59. The summed E-state index contributed by atoms with van der Waals surface area (Å²) in [4.78, 5) is 33.3. The van der Waals surface area contributed by atoms with Gasteiger partial charge in [-0.15, -0.1) is 0 Å². The first kappa shape index (κ1) is 17.0. The van der Waals surface area contributed by atoms with E-state index in [-0.39, 0.29) is 18.2 Å². The smallest absolute Gasteiger partial charge is 0.251 e. The van der Waals surface area contributed by atoms with Crippen molar-refractivity contribution in [3.05, 3.63) is 70.0 Å². The third-order valence-corrected chi connectivity index (χ3v) is 4.13. The molecule has 0 spiro atoms. The van der Waals surface area contributed by atoms with E-state index in [0.29, 0.717) is 21.7 Å². The summed E-state index contributed by atoms with van der Waals surface area (Å²) < 4.78 is 0. The number of ketones is 1. The number of hydrogen-bond acceptors (Lipinski definition) is 4. The molecule has 0 aliphatic rings. The molecule has 0 atom stereocenters. The molecular formula is C19H16ClN3O2. The number of nitrogens with one attached hydrogen (secondary N) is 1. The molecule has 5 nitrogen and oxygen atoms in total. The third-order valence-electron chi connectivity index (χ3n) is 3.89. The quantitative estimate of drug-likeness (QED) is 0.728. The van der Waals surface area contributed by atoms with Gasteiger partial charge in [0.15, 0.2) is 5.78 Å². The van der Waals surface area contributed by atoms with Crippen molar-refractivity contribution in [3.63, 3.8) is 0 Å². The van der Waals surface area contributed by atoms with Gasteiger partial charge in [-0.05, 0) is 44.2 Å². The van der Waals surface area contributed by atoms with Gasteiger partial charge in [0.25, 0.3) is 5.91 Å². The van der Waals surface area contributed by atoms with Crippen molar-refractivity contribution in [2.24, 2.45) is 0 Å². The highest BCUT2D eigenvalue weighted by molar-refractivity contribution is 6.31. The van der Waals surface area contributed by atoms with E-state index < -0.39 is 0 Å². The van der Waals surface area contributed by atoms with E-state index in [2.05, 4.69) is 15.3 Å². The fourth-order valence-electron chi connectivity index (χ4n) is 2.40. The Morgan fingerprint density at radius 1 is 0.960 bits per heavy atom. The van der Waals surface area contributed by atoms with Crippen molar-refractivity contribution in [2.45, 2.75) is 13.8 Å². The minimum atomic E-state index is -0.336. The van der Waals surface area contributed by atoms with Crippen LogP contribution in [0.25, 0.3) is 11.0 Å². The Bertz CT molecular complexity index is 986. The van der Waals surface area contributed by atoms with Crippen LogP contribution in [0.5, 0.6) is 0 Å². The summed E-state index contributed by atoms with van der Waals surface area (Å²) in [5, 5.41) is 3.11. The second kappa shape index (κ2) is 6.99. The average Bonchev–Trinajstić information content (AvgIpc) is 2.60. The molecule has 0 unspecified atom stereocenters. The number of rotatable bonds is 4. The molecule has 0 fully saturated rings. The number of carbonyl (C=O) groups excluding carboxylic acids is 2. The number of aryl methyl sites for hydroxylation is 2. The van der Waals surface area contributed by atoms with E-state index in [9.17, 15) is 9.59 Å². The molecule has 1 amide bonds. The topological polar surface area (TPSA) is 72.0 Å². The summed E-state index contributed by atoms with van der Waals surface area (Å²) in [6.45, 7) is 3.66. The maximum absolute atomic E-state index is 12.3. The van der Waals surface area contributed by atoms with Crippen LogP contribution >= 0.6 is 11.6 Å². The largest absolute Gasteiger partial charge is 0.345 e. The molecule has 0 bridgehead atoms. The zero-order chi connectivity index (χ0) is 18.0. The Labute approximate surface area is 150 Å². The maximum Gasteiger partial charge on any atom is 0.251 e. The summed E-state index contributed by atoms with van der Waals surface area (Å²) in [5.74, 6) is -0.541. The number of halogens is 1. The zero-order valence-corrected chi connectivity index (χ0v) is 14.6. The lowest BCUT2D eigenvalue weighted by Gasteiger charge is -2.07. The first-order chi connectivity index (χ1) is 11.9. The number of Topliss-reactive ketones (excluding diaryl/α,β-unsaturated/α-hetero) is 1. The number of fused-ring (bicyclic) bond motifs is 1. The van der Waals surface area contributed by atoms with E-state index >= 15 is 0 Å². The second-order valence-corrected chi connectivity index (χ2v) is 6.15. The molecule has 1 heterocycles. The Kier molecular flexibility index (Phi) is 4.76. The molecule has 0 saturated heterocycles. The van der Waals surface area contributed by atoms with Crippen molar-refractivity contribution in [2.75, 3.05) is 6.54 Å². The van der Waals surface area contributed by atoms with Gasteiger partial charge in [-0.1, -0.05) is 23.7 Å². The molecule has 126 valence electrons. The van der Waals surface area contributed by atoms with Crippen LogP contribution in [0, 0.1) is 13.8 Å². The van der Waals surface area contributed by atoms with E-state index in [1.807, 2.05) is 13.8 Å². The minimum Gasteiger partial charge on any atom is -0.345 e. The molecule has 25 heavy (non-hydrogen) atoms. The Morgan fingerprint density at radius 3 is 2.40 bits per heavy atom. The highest BCUT2D eigenvalue weighted by atomic mass is 35.5. The lowest BCUT2D eigenvalue weighted by molar-refractivity contribution is 0.0904. The molecule has 6 heteroatoms. The number of nitrogens with zero attached hydrogens (tertiary/aromatic N) is 2. The number of carbonyl (C=O) groups is 2. The van der Waals surface area contributed by atoms with Gasteiger partial charge in [0.2, 0.25) is 0 Å². The molecule has 3 rings (SSSR count). The van der Waals surface area contributed by atoms with Crippen molar-refractivity contribution in [3.8, 4) is 0 Å². The van der Waals surface area contributed by atoms with Crippen LogP contribution in [0.15, 0.2) is 42.5 Å². The molecule has 0 aliphatic carbocycles. The first-order valence-corrected chi connectivity index (χ1v) is 8.14. The van der Waals surface area contributed by atoms with Gasteiger partial charge >= 0.3 is 0 Å². The third kappa shape index (κ3) is 3.83. The van der Waals surface area contributed by atoms with Crippen molar-refractivity contribution in [1.82, 2.24) is 15.3 Å². The Hall–Kier alpha value is -2.79. The van der Waals surface area contributed by atoms with Gasteiger partial charge in [0.05, 0.1) is 29.0 Å². The van der Waals surface area contributed by atoms with Crippen LogP contribution in [0.2, 0.25) is 5.02 Å². The molecule has 0 aliphatic heterocycles. The van der Waals surface area contributed by atoms with Crippen molar-refractivity contribution >= 4 is 34.3 Å². The summed E-state index contributed by atoms with van der Waals surface area (Å²) in [6, 6.07) is 11.7. The highest BCUT2D eigenvalue weighted by Gasteiger charge is 2.12. The van der Waals surface area contributed by atoms with Crippen LogP contribution in [0.1, 0.15) is 32.1 Å². The van der Waals surface area contributed by atoms with Gasteiger partial charge in [0.1, 0.15) is 0 Å². The maximum atomic E-state index is 12.3. The Morgan fingerprint density at radius 2 is 1.68 bits per heavy atom. The fraction of sp³-hybridized carbons (Fsp3) is 0.158. The normalized spacial score (nSPS) is 10.7. The molecule has 2 aromatic carbocycles. The monoisotopic (exact) mass is 353 g/mol. The molecule has 3 aromatic rings. The van der Waals surface area contributed by atoms with E-state index in [0.717, 1.165) is 16.9 Å². The molecule has 0 radical (unpaired) electrons. The zero-order valence-electron chi connectivity index (χ0n) is 13.8. The summed E-state index contributed by atoms with van der Waals surface area (Å²) in [7, 11) is 0. The molecule has 1 aromatic heterocycles. The standard InChI is InChI=1S/C19H16ClN3O2/c1-11-12(2)23-17-9-14(6-7-16(17)22-11)19(25)21-10-18(24)13-4-3-5-15(20)8-13/h3-9H,10H2,1-2H3,(H,21,25). The van der Waals surface area contributed by atoms with Crippen molar-refractivity contribution < 1.29 is 9.59 Å². The van der Waals surface area contributed by atoms with E-state index in [4.69, 9.17) is 11.6 Å². The Balaban J connectivity index is 1.74. The number of hydrogen-bond donors (Lipinski definition) is 1. The van der Waals surface area contributed by atoms with Gasteiger partial charge in [0, 0.05) is 16.1 Å². The average molecular weight is 354 g/mol. The SMILES string of the molecule is Cc1nc2ccc(C(=O)NCC(=O)c3cccc(Cl)c3)cc2nc1C. The lowest BCUT2D eigenvalue weighted by atomic mass is 10.1. The van der Waals surface area contributed by atoms with E-state index in [1.165, 1.54) is 0 Å². The van der Waals surface area contributed by atoms with Crippen molar-refractivity contribution in [1.29, 1.82) is 0 Å². The first-order valence-electron chi connectivity index (χ1n) is 7.76. The van der Waals surface area contributed by atoms with Crippen LogP contribution in [-0.2, 0) is 0 Å². The van der Waals surface area contributed by atoms with Gasteiger partial charge in [-0.2, -0.15) is 0 Å². The molecule has 1 N–H and O–H groups in total.